The first-order valence-corrected chi connectivity index (χ1v) is 16.2. The normalized spacial score (nSPS) is 44.6. The molecule has 1 heterocycles. The third-order valence-corrected chi connectivity index (χ3v) is 12.1. The van der Waals surface area contributed by atoms with Gasteiger partial charge in [0.1, 0.15) is 0 Å². The van der Waals surface area contributed by atoms with E-state index in [1.165, 1.54) is 77.0 Å². The minimum absolute atomic E-state index is 0.273. The van der Waals surface area contributed by atoms with Crippen LogP contribution in [0, 0.1) is 46.3 Å². The Hall–Kier alpha value is -1.14. The predicted molar refractivity (Wildman–Crippen MR) is 145 cm³/mol. The monoisotopic (exact) mass is 526 g/mol. The summed E-state index contributed by atoms with van der Waals surface area (Å²) in [5.41, 5.74) is 0.545. The van der Waals surface area contributed by atoms with Crippen molar-refractivity contribution < 1.29 is 19.1 Å². The van der Waals surface area contributed by atoms with Crippen LogP contribution in [0.25, 0.3) is 0 Å². The highest BCUT2D eigenvalue weighted by atomic mass is 16.5. The average Bonchev–Trinajstić information content (AvgIpc) is 2.82. The van der Waals surface area contributed by atoms with Crippen LogP contribution in [-0.4, -0.2) is 74.2 Å². The molecule has 1 saturated heterocycles. The molecule has 6 heteroatoms. The van der Waals surface area contributed by atoms with Crippen molar-refractivity contribution in [1.82, 2.24) is 9.80 Å². The minimum Gasteiger partial charge on any atom is -0.378 e. The van der Waals surface area contributed by atoms with E-state index in [4.69, 9.17) is 9.47 Å². The van der Waals surface area contributed by atoms with E-state index in [0.717, 1.165) is 48.3 Å². The van der Waals surface area contributed by atoms with Gasteiger partial charge in [-0.05, 0) is 123 Å². The summed E-state index contributed by atoms with van der Waals surface area (Å²) in [5, 5.41) is 0. The van der Waals surface area contributed by atoms with Gasteiger partial charge < -0.3 is 19.3 Å². The standard InChI is InChI=1S/C32H50N2O4/c35-29(21-31-15-23-9-24(16-31)11-25(10-23)17-31)33-1-5-37-7-3-34(4-8-38-6-2-33)30(36)22-32-18-26-12-27(19-32)14-28(13-26)20-32/h23-28H,1-22H2. The molecule has 9 aliphatic rings. The van der Waals surface area contributed by atoms with E-state index in [1.54, 1.807) is 0 Å². The summed E-state index contributed by atoms with van der Waals surface area (Å²) >= 11 is 0. The molecule has 0 radical (unpaired) electrons. The van der Waals surface area contributed by atoms with Crippen LogP contribution in [0.2, 0.25) is 0 Å². The molecular weight excluding hydrogens is 476 g/mol. The Morgan fingerprint density at radius 2 is 0.763 bits per heavy atom. The lowest BCUT2D eigenvalue weighted by Gasteiger charge is -2.57. The van der Waals surface area contributed by atoms with Crippen molar-refractivity contribution in [2.75, 3.05) is 52.6 Å². The Labute approximate surface area is 229 Å². The number of rotatable bonds is 4. The third-order valence-electron chi connectivity index (χ3n) is 12.1. The van der Waals surface area contributed by atoms with Gasteiger partial charge in [-0.15, -0.1) is 0 Å². The Kier molecular flexibility index (Phi) is 7.03. The average molecular weight is 527 g/mol. The fraction of sp³-hybridized carbons (Fsp3) is 0.938. The summed E-state index contributed by atoms with van der Waals surface area (Å²) in [6.45, 7) is 4.72. The lowest BCUT2D eigenvalue weighted by molar-refractivity contribution is -0.142. The quantitative estimate of drug-likeness (QED) is 0.523. The second kappa shape index (κ2) is 10.4. The molecule has 8 bridgehead atoms. The molecule has 8 saturated carbocycles. The second-order valence-electron chi connectivity index (χ2n) is 15.2. The first kappa shape index (κ1) is 25.8. The van der Waals surface area contributed by atoms with Gasteiger partial charge in [0.15, 0.2) is 0 Å². The topological polar surface area (TPSA) is 59.1 Å². The van der Waals surface area contributed by atoms with Crippen LogP contribution in [-0.2, 0) is 19.1 Å². The SMILES string of the molecule is O=C(CC12CC3CC(CC(C3)C1)C2)N1CCOCCN(C(=O)CC23CC4CC(CC(C4)C2)C3)CCOCC1. The first-order chi connectivity index (χ1) is 18.4. The third kappa shape index (κ3) is 5.30. The van der Waals surface area contributed by atoms with Gasteiger partial charge in [-0.2, -0.15) is 0 Å². The van der Waals surface area contributed by atoms with Crippen molar-refractivity contribution in [2.45, 2.75) is 89.9 Å². The fourth-order valence-corrected chi connectivity index (χ4v) is 11.5. The molecule has 0 N–H and O–H groups in total. The highest BCUT2D eigenvalue weighted by Gasteiger charge is 2.53. The van der Waals surface area contributed by atoms with Crippen LogP contribution in [0.3, 0.4) is 0 Å². The Morgan fingerprint density at radius 3 is 1.03 bits per heavy atom. The van der Waals surface area contributed by atoms with Gasteiger partial charge in [-0.25, -0.2) is 0 Å². The summed E-state index contributed by atoms with van der Waals surface area (Å²) in [6, 6.07) is 0. The molecule has 2 amide bonds. The first-order valence-electron chi connectivity index (χ1n) is 16.2. The molecular formula is C32H50N2O4. The highest BCUT2D eigenvalue weighted by molar-refractivity contribution is 5.77. The summed E-state index contributed by atoms with van der Waals surface area (Å²) in [5.74, 6) is 5.87. The van der Waals surface area contributed by atoms with Gasteiger partial charge in [0.2, 0.25) is 11.8 Å². The highest BCUT2D eigenvalue weighted by Crippen LogP contribution is 2.62. The lowest BCUT2D eigenvalue weighted by Crippen LogP contribution is -2.49. The molecule has 1 aliphatic heterocycles. The molecule has 9 fully saturated rings. The van der Waals surface area contributed by atoms with Gasteiger partial charge in [0.05, 0.1) is 26.4 Å². The van der Waals surface area contributed by atoms with Crippen LogP contribution in [0.5, 0.6) is 0 Å². The van der Waals surface area contributed by atoms with E-state index in [-0.39, 0.29) is 10.8 Å². The molecule has 0 spiro atoms. The van der Waals surface area contributed by atoms with E-state index in [0.29, 0.717) is 64.4 Å². The van der Waals surface area contributed by atoms with Crippen molar-refractivity contribution in [3.63, 3.8) is 0 Å². The number of carbonyl (C=O) groups is 2. The van der Waals surface area contributed by atoms with Gasteiger partial charge in [0, 0.05) is 39.0 Å². The van der Waals surface area contributed by atoms with Crippen molar-refractivity contribution in [3.8, 4) is 0 Å². The zero-order chi connectivity index (χ0) is 25.7. The van der Waals surface area contributed by atoms with Crippen molar-refractivity contribution >= 4 is 11.8 Å². The van der Waals surface area contributed by atoms with Crippen LogP contribution in [0.1, 0.15) is 89.9 Å². The molecule has 9 rings (SSSR count). The van der Waals surface area contributed by atoms with Gasteiger partial charge in [0.25, 0.3) is 0 Å². The van der Waals surface area contributed by atoms with E-state index in [9.17, 15) is 9.59 Å². The van der Waals surface area contributed by atoms with Crippen LogP contribution >= 0.6 is 0 Å². The maximum Gasteiger partial charge on any atom is 0.223 e. The van der Waals surface area contributed by atoms with Gasteiger partial charge in [-0.1, -0.05) is 0 Å². The number of hydrogen-bond donors (Lipinski definition) is 0. The molecule has 0 atom stereocenters. The fourth-order valence-electron chi connectivity index (χ4n) is 11.5. The summed E-state index contributed by atoms with van der Waals surface area (Å²) in [4.78, 5) is 31.0. The zero-order valence-corrected chi connectivity index (χ0v) is 23.5. The molecule has 6 nitrogen and oxygen atoms in total. The number of ether oxygens (including phenoxy) is 2. The number of hydrogen-bond acceptors (Lipinski definition) is 4. The minimum atomic E-state index is 0.273. The van der Waals surface area contributed by atoms with E-state index < -0.39 is 0 Å². The molecule has 0 aromatic carbocycles. The summed E-state index contributed by atoms with van der Waals surface area (Å²) < 4.78 is 12.1. The maximum absolute atomic E-state index is 13.5. The predicted octanol–water partition coefficient (Wildman–Crippen LogP) is 4.90. The zero-order valence-electron chi connectivity index (χ0n) is 23.5. The van der Waals surface area contributed by atoms with Gasteiger partial charge in [-0.3, -0.25) is 9.59 Å². The molecule has 0 unspecified atom stereocenters. The maximum atomic E-state index is 13.5. The number of carbonyl (C=O) groups excluding carboxylic acids is 2. The molecule has 0 aromatic rings. The molecule has 0 aromatic heterocycles. The Morgan fingerprint density at radius 1 is 0.500 bits per heavy atom. The smallest absolute Gasteiger partial charge is 0.223 e. The molecule has 38 heavy (non-hydrogen) atoms. The van der Waals surface area contributed by atoms with Gasteiger partial charge >= 0.3 is 0 Å². The molecule has 212 valence electrons. The van der Waals surface area contributed by atoms with Crippen LogP contribution in [0.15, 0.2) is 0 Å². The number of amides is 2. The van der Waals surface area contributed by atoms with Crippen molar-refractivity contribution in [1.29, 1.82) is 0 Å². The summed E-state index contributed by atoms with van der Waals surface area (Å²) in [7, 11) is 0. The lowest BCUT2D eigenvalue weighted by atomic mass is 9.49. The molecule has 8 aliphatic carbocycles. The van der Waals surface area contributed by atoms with Crippen LogP contribution in [0.4, 0.5) is 0 Å². The summed E-state index contributed by atoms with van der Waals surface area (Å²) in [6.07, 6.45) is 17.6. The number of nitrogens with zero attached hydrogens (tertiary/aromatic N) is 2. The van der Waals surface area contributed by atoms with Crippen LogP contribution < -0.4 is 0 Å². The Balaban J connectivity index is 0.907. The van der Waals surface area contributed by atoms with E-state index in [2.05, 4.69) is 0 Å². The largest absolute Gasteiger partial charge is 0.378 e. The van der Waals surface area contributed by atoms with Crippen molar-refractivity contribution in [2.24, 2.45) is 46.3 Å². The second-order valence-corrected chi connectivity index (χ2v) is 15.2. The van der Waals surface area contributed by atoms with E-state index >= 15 is 0 Å². The van der Waals surface area contributed by atoms with E-state index in [1.807, 2.05) is 9.80 Å². The Bertz CT molecular complexity index is 747. The van der Waals surface area contributed by atoms with Crippen molar-refractivity contribution in [3.05, 3.63) is 0 Å².